The lowest BCUT2D eigenvalue weighted by Crippen LogP contribution is -2.34. The number of para-hydroxylation sites is 2. The summed E-state index contributed by atoms with van der Waals surface area (Å²) in [5.74, 6) is 1.59. The third-order valence-electron chi connectivity index (χ3n) is 2.56. The number of rotatable bonds is 5. The van der Waals surface area contributed by atoms with E-state index in [1.165, 1.54) is 0 Å². The summed E-state index contributed by atoms with van der Waals surface area (Å²) in [5, 5.41) is 0. The minimum Gasteiger partial charge on any atom is -0.449 e. The molecule has 0 aromatic heterocycles. The van der Waals surface area contributed by atoms with Gasteiger partial charge in [-0.1, -0.05) is 43.3 Å². The smallest absolute Gasteiger partial charge is 0.262 e. The van der Waals surface area contributed by atoms with Crippen LogP contribution in [0.1, 0.15) is 13.3 Å². The van der Waals surface area contributed by atoms with Gasteiger partial charge in [-0.15, -0.1) is 12.4 Å². The first-order valence-corrected chi connectivity index (χ1v) is 6.56. The Balaban J connectivity index is 0.00000180. The summed E-state index contributed by atoms with van der Waals surface area (Å²) < 4.78 is 11.8. The molecular weight excluding hydrogens is 279 g/mol. The second-order valence-corrected chi connectivity index (χ2v) is 4.88. The molecule has 1 unspecified atom stereocenters. The summed E-state index contributed by atoms with van der Waals surface area (Å²) in [4.78, 5) is 0. The van der Waals surface area contributed by atoms with E-state index in [2.05, 4.69) is 9.24 Å². The molecule has 0 saturated heterocycles. The first-order valence-electron chi connectivity index (χ1n) is 5.99. The Bertz CT molecular complexity index is 435. The summed E-state index contributed by atoms with van der Waals surface area (Å²) in [6, 6.07) is 19.4. The molecule has 2 aromatic rings. The fourth-order valence-corrected chi connectivity index (χ4v) is 1.81. The largest absolute Gasteiger partial charge is 0.449 e. The third-order valence-corrected chi connectivity index (χ3v) is 3.20. The van der Waals surface area contributed by atoms with Crippen molar-refractivity contribution >= 4 is 21.6 Å². The maximum absolute atomic E-state index is 5.90. The fraction of sp³-hybridized carbons (Fsp3) is 0.200. The van der Waals surface area contributed by atoms with Crippen LogP contribution in [0.5, 0.6) is 11.5 Å². The Morgan fingerprint density at radius 3 is 1.53 bits per heavy atom. The third kappa shape index (κ3) is 4.74. The first kappa shape index (κ1) is 15.8. The number of hydrogen-bond donors (Lipinski definition) is 0. The highest BCUT2D eigenvalue weighted by Crippen LogP contribution is 2.30. The van der Waals surface area contributed by atoms with E-state index < -0.39 is 5.53 Å². The van der Waals surface area contributed by atoms with Crippen molar-refractivity contribution in [1.29, 1.82) is 0 Å². The molecule has 4 heteroatoms. The molecule has 0 aliphatic rings. The maximum Gasteiger partial charge on any atom is 0.262 e. The molecule has 2 nitrogen and oxygen atoms in total. The standard InChI is InChI=1S/C15H17O2P.ClH/c1-2-15(18,16-13-9-5-3-6-10-13)17-14-11-7-4-8-12-14;/h3-12H,2,18H2,1H3;1H. The van der Waals surface area contributed by atoms with Gasteiger partial charge in [0.15, 0.2) is 0 Å². The van der Waals surface area contributed by atoms with Crippen LogP contribution < -0.4 is 9.47 Å². The molecule has 19 heavy (non-hydrogen) atoms. The number of benzene rings is 2. The Morgan fingerprint density at radius 2 is 1.21 bits per heavy atom. The summed E-state index contributed by atoms with van der Waals surface area (Å²) >= 11 is 0. The molecule has 0 fully saturated rings. The summed E-state index contributed by atoms with van der Waals surface area (Å²) in [6.45, 7) is 2.03. The van der Waals surface area contributed by atoms with Crippen molar-refractivity contribution in [2.24, 2.45) is 0 Å². The highest BCUT2D eigenvalue weighted by Gasteiger charge is 2.26. The molecule has 0 aliphatic heterocycles. The van der Waals surface area contributed by atoms with Crippen LogP contribution in [0.2, 0.25) is 0 Å². The Hall–Kier alpha value is -1.24. The Morgan fingerprint density at radius 1 is 0.842 bits per heavy atom. The molecule has 0 saturated carbocycles. The molecular formula is C15H18ClO2P. The van der Waals surface area contributed by atoms with Gasteiger partial charge in [-0.3, -0.25) is 0 Å². The lowest BCUT2D eigenvalue weighted by atomic mass is 10.3. The fourth-order valence-electron chi connectivity index (χ4n) is 1.54. The molecule has 0 spiro atoms. The number of hydrogen-bond acceptors (Lipinski definition) is 2. The van der Waals surface area contributed by atoms with Crippen LogP contribution in [0.3, 0.4) is 0 Å². The highest BCUT2D eigenvalue weighted by atomic mass is 35.5. The maximum atomic E-state index is 5.90. The van der Waals surface area contributed by atoms with E-state index in [9.17, 15) is 0 Å². The van der Waals surface area contributed by atoms with Crippen molar-refractivity contribution in [2.45, 2.75) is 18.9 Å². The monoisotopic (exact) mass is 296 g/mol. The minimum atomic E-state index is -0.733. The number of ether oxygens (including phenoxy) is 2. The minimum absolute atomic E-state index is 0. The van der Waals surface area contributed by atoms with Crippen molar-refractivity contribution < 1.29 is 9.47 Å². The van der Waals surface area contributed by atoms with Gasteiger partial charge in [-0.2, -0.15) is 0 Å². The van der Waals surface area contributed by atoms with Crippen LogP contribution in [0.15, 0.2) is 60.7 Å². The van der Waals surface area contributed by atoms with Crippen molar-refractivity contribution in [2.75, 3.05) is 0 Å². The van der Waals surface area contributed by atoms with Gasteiger partial charge in [0, 0.05) is 6.42 Å². The van der Waals surface area contributed by atoms with Crippen molar-refractivity contribution in [3.05, 3.63) is 60.7 Å². The van der Waals surface area contributed by atoms with Gasteiger partial charge in [0.05, 0.1) is 0 Å². The zero-order valence-electron chi connectivity index (χ0n) is 10.8. The molecule has 2 aromatic carbocycles. The average Bonchev–Trinajstić information content (AvgIpc) is 2.41. The lowest BCUT2D eigenvalue weighted by Gasteiger charge is -2.30. The molecule has 2 rings (SSSR count). The van der Waals surface area contributed by atoms with Crippen molar-refractivity contribution in [3.63, 3.8) is 0 Å². The SMILES string of the molecule is CCC(P)(Oc1ccccc1)Oc1ccccc1.Cl. The molecule has 0 aliphatic carbocycles. The normalized spacial score (nSPS) is 10.4. The second kappa shape index (κ2) is 7.37. The summed E-state index contributed by atoms with van der Waals surface area (Å²) in [6.07, 6.45) is 0.724. The van der Waals surface area contributed by atoms with E-state index in [1.54, 1.807) is 0 Å². The van der Waals surface area contributed by atoms with Gasteiger partial charge in [0.2, 0.25) is 0 Å². The molecule has 0 N–H and O–H groups in total. The van der Waals surface area contributed by atoms with Gasteiger partial charge in [-0.05, 0) is 33.5 Å². The zero-order chi connectivity index (χ0) is 12.8. The van der Waals surface area contributed by atoms with E-state index in [4.69, 9.17) is 9.47 Å². The average molecular weight is 297 g/mol. The second-order valence-electron chi connectivity index (χ2n) is 4.00. The molecule has 0 radical (unpaired) electrons. The van der Waals surface area contributed by atoms with Crippen LogP contribution in [-0.4, -0.2) is 5.53 Å². The molecule has 0 amide bonds. The topological polar surface area (TPSA) is 18.5 Å². The zero-order valence-corrected chi connectivity index (χ0v) is 12.8. The van der Waals surface area contributed by atoms with Gasteiger partial charge >= 0.3 is 0 Å². The van der Waals surface area contributed by atoms with E-state index in [1.807, 2.05) is 67.6 Å². The van der Waals surface area contributed by atoms with E-state index in [0.717, 1.165) is 17.9 Å². The predicted molar refractivity (Wildman–Crippen MR) is 84.1 cm³/mol. The van der Waals surface area contributed by atoms with Crippen LogP contribution in [0.25, 0.3) is 0 Å². The Labute approximate surface area is 122 Å². The first-order chi connectivity index (χ1) is 8.72. The number of halogens is 1. The molecule has 1 atom stereocenters. The molecule has 0 heterocycles. The molecule has 0 bridgehead atoms. The van der Waals surface area contributed by atoms with Crippen LogP contribution >= 0.6 is 21.6 Å². The Kier molecular flexibility index (Phi) is 6.14. The van der Waals surface area contributed by atoms with Crippen molar-refractivity contribution in [3.8, 4) is 11.5 Å². The van der Waals surface area contributed by atoms with Gasteiger partial charge < -0.3 is 9.47 Å². The van der Waals surface area contributed by atoms with Crippen LogP contribution in [-0.2, 0) is 0 Å². The quantitative estimate of drug-likeness (QED) is 0.597. The van der Waals surface area contributed by atoms with E-state index >= 15 is 0 Å². The summed E-state index contributed by atoms with van der Waals surface area (Å²) in [7, 11) is 2.65. The van der Waals surface area contributed by atoms with Crippen LogP contribution in [0, 0.1) is 0 Å². The van der Waals surface area contributed by atoms with E-state index in [-0.39, 0.29) is 12.4 Å². The summed E-state index contributed by atoms with van der Waals surface area (Å²) in [5.41, 5.74) is -0.733. The van der Waals surface area contributed by atoms with Crippen LogP contribution in [0.4, 0.5) is 0 Å². The highest BCUT2D eigenvalue weighted by molar-refractivity contribution is 7.18. The van der Waals surface area contributed by atoms with Gasteiger partial charge in [0.25, 0.3) is 5.53 Å². The van der Waals surface area contributed by atoms with Crippen molar-refractivity contribution in [1.82, 2.24) is 0 Å². The van der Waals surface area contributed by atoms with E-state index in [0.29, 0.717) is 0 Å². The lowest BCUT2D eigenvalue weighted by molar-refractivity contribution is -0.0332. The van der Waals surface area contributed by atoms with Gasteiger partial charge in [0.1, 0.15) is 11.5 Å². The van der Waals surface area contributed by atoms with Gasteiger partial charge in [-0.25, -0.2) is 0 Å². The predicted octanol–water partition coefficient (Wildman–Crippen LogP) is 4.51. The molecule has 102 valence electrons.